The van der Waals surface area contributed by atoms with Crippen molar-refractivity contribution in [1.29, 1.82) is 5.26 Å². The number of hydrogen-bond donors (Lipinski definition) is 1. The summed E-state index contributed by atoms with van der Waals surface area (Å²) in [6.45, 7) is 6.02. The molecule has 5 atom stereocenters. The average Bonchev–Trinajstić information content (AvgIpc) is 3.74. The predicted molar refractivity (Wildman–Crippen MR) is 170 cm³/mol. The molecule has 3 aliphatic rings. The number of methoxy groups -OCH3 is 1. The van der Waals surface area contributed by atoms with E-state index in [1.54, 1.807) is 17.0 Å². The van der Waals surface area contributed by atoms with Crippen LogP contribution in [0.2, 0.25) is 10.0 Å². The van der Waals surface area contributed by atoms with Gasteiger partial charge >= 0.3 is 5.97 Å². The molecule has 6 rings (SSSR count). The van der Waals surface area contributed by atoms with E-state index in [9.17, 15) is 15.2 Å². The molecule has 3 fully saturated rings. The molecule has 0 bridgehead atoms. The third kappa shape index (κ3) is 5.02. The molecule has 3 aromatic carbocycles. The number of carboxylic acid groups (broad SMARTS) is 1. The number of hydrogen-bond acceptors (Lipinski definition) is 5. The monoisotopic (exact) mass is 667 g/mol. The van der Waals surface area contributed by atoms with Gasteiger partial charge in [0.2, 0.25) is 5.91 Å². The smallest absolute Gasteiger partial charge is 0.335 e. The number of ether oxygens (including phenoxy) is 1. The van der Waals surface area contributed by atoms with E-state index in [1.807, 2.05) is 25.7 Å². The lowest BCUT2D eigenvalue weighted by atomic mass is 9.62. The number of carbonyl (C=O) groups excluding carboxylic acids is 1. The number of halogens is 4. The zero-order chi connectivity index (χ0) is 33.3. The van der Waals surface area contributed by atoms with Gasteiger partial charge in [-0.2, -0.15) is 5.26 Å². The maximum Gasteiger partial charge on any atom is 0.335 e. The Hall–Kier alpha value is -3.71. The molecule has 1 saturated carbocycles. The number of fused-ring (bicyclic) bond motifs is 1. The first-order valence-corrected chi connectivity index (χ1v) is 15.8. The lowest BCUT2D eigenvalue weighted by molar-refractivity contribution is -0.119. The Morgan fingerprint density at radius 3 is 2.43 bits per heavy atom. The summed E-state index contributed by atoms with van der Waals surface area (Å²) in [5.41, 5.74) is -1.72. The summed E-state index contributed by atoms with van der Waals surface area (Å²) in [5.74, 6) is -4.07. The van der Waals surface area contributed by atoms with E-state index in [-0.39, 0.29) is 38.4 Å². The van der Waals surface area contributed by atoms with E-state index >= 15 is 13.6 Å². The minimum atomic E-state index is -1.73. The summed E-state index contributed by atoms with van der Waals surface area (Å²) in [6, 6.07) is 13.5. The van der Waals surface area contributed by atoms with Crippen LogP contribution in [-0.2, 0) is 10.2 Å². The van der Waals surface area contributed by atoms with Gasteiger partial charge in [0.1, 0.15) is 28.8 Å². The lowest BCUT2D eigenvalue weighted by Gasteiger charge is -2.43. The third-order valence-electron chi connectivity index (χ3n) is 9.49. The standard InChI is InChI=1S/C35H33Cl2F2N3O4/c1-34(2,3)16-27-35(17-40,22-12-11-20(36)15-24(22)38)28(21-6-5-7-23(37)29(21)39)30-32(43)41(31(42(27)30)18-8-9-18)25-13-10-19(33(44)45)14-26(25)46-4/h5-7,10-15,18,27-28,30-31H,8-9,16H2,1-4H3,(H,44,45). The molecule has 240 valence electrons. The topological polar surface area (TPSA) is 93.9 Å². The van der Waals surface area contributed by atoms with Crippen LogP contribution in [-0.4, -0.2) is 47.2 Å². The molecular formula is C35H33Cl2F2N3O4. The molecule has 5 unspecified atom stereocenters. The summed E-state index contributed by atoms with van der Waals surface area (Å²) in [4.78, 5) is 30.4. The van der Waals surface area contributed by atoms with Gasteiger partial charge in [-0.3, -0.25) is 14.6 Å². The van der Waals surface area contributed by atoms with Crippen LogP contribution < -0.4 is 9.64 Å². The Morgan fingerprint density at radius 1 is 1.13 bits per heavy atom. The molecule has 2 aliphatic heterocycles. The van der Waals surface area contributed by atoms with Crippen molar-refractivity contribution >= 4 is 40.8 Å². The van der Waals surface area contributed by atoms with E-state index < -0.39 is 58.5 Å². The van der Waals surface area contributed by atoms with E-state index in [1.165, 1.54) is 43.5 Å². The molecule has 1 aliphatic carbocycles. The number of anilines is 1. The molecule has 2 saturated heterocycles. The van der Waals surface area contributed by atoms with Crippen LogP contribution in [0.25, 0.3) is 0 Å². The van der Waals surface area contributed by atoms with Gasteiger partial charge < -0.3 is 9.84 Å². The molecule has 7 nitrogen and oxygen atoms in total. The highest BCUT2D eigenvalue weighted by Gasteiger charge is 2.71. The van der Waals surface area contributed by atoms with Gasteiger partial charge in [-0.1, -0.05) is 62.2 Å². The summed E-state index contributed by atoms with van der Waals surface area (Å²) in [5, 5.41) is 20.9. The third-order valence-corrected chi connectivity index (χ3v) is 10.0. The van der Waals surface area contributed by atoms with Gasteiger partial charge in [-0.05, 0) is 72.6 Å². The van der Waals surface area contributed by atoms with Gasteiger partial charge in [0.05, 0.1) is 35.6 Å². The van der Waals surface area contributed by atoms with Crippen LogP contribution in [0, 0.1) is 34.3 Å². The van der Waals surface area contributed by atoms with Gasteiger partial charge in [0.15, 0.2) is 0 Å². The number of nitriles is 1. The fourth-order valence-corrected chi connectivity index (χ4v) is 7.94. The van der Waals surface area contributed by atoms with Crippen LogP contribution >= 0.6 is 23.2 Å². The zero-order valence-electron chi connectivity index (χ0n) is 25.7. The number of carbonyl (C=O) groups is 2. The minimum Gasteiger partial charge on any atom is -0.495 e. The highest BCUT2D eigenvalue weighted by atomic mass is 35.5. The van der Waals surface area contributed by atoms with Crippen molar-refractivity contribution < 1.29 is 28.2 Å². The molecule has 0 radical (unpaired) electrons. The molecule has 0 aromatic heterocycles. The van der Waals surface area contributed by atoms with Gasteiger partial charge in [-0.25, -0.2) is 13.6 Å². The Morgan fingerprint density at radius 2 is 1.85 bits per heavy atom. The van der Waals surface area contributed by atoms with Crippen LogP contribution in [0.15, 0.2) is 54.6 Å². The Kier molecular flexibility index (Phi) is 8.07. The highest BCUT2D eigenvalue weighted by Crippen LogP contribution is 2.62. The molecule has 11 heteroatoms. The number of carboxylic acids is 1. The largest absolute Gasteiger partial charge is 0.495 e. The van der Waals surface area contributed by atoms with Crippen LogP contribution in [0.4, 0.5) is 14.5 Å². The second kappa shape index (κ2) is 11.5. The van der Waals surface area contributed by atoms with Crippen molar-refractivity contribution in [2.24, 2.45) is 11.3 Å². The zero-order valence-corrected chi connectivity index (χ0v) is 27.2. The lowest BCUT2D eigenvalue weighted by Crippen LogP contribution is -2.52. The maximum atomic E-state index is 16.2. The number of benzene rings is 3. The second-order valence-corrected chi connectivity index (χ2v) is 14.4. The van der Waals surface area contributed by atoms with Crippen molar-refractivity contribution in [2.75, 3.05) is 12.0 Å². The van der Waals surface area contributed by atoms with Gasteiger partial charge in [-0.15, -0.1) is 0 Å². The summed E-state index contributed by atoms with van der Waals surface area (Å²) in [7, 11) is 1.40. The van der Waals surface area contributed by atoms with E-state index in [0.717, 1.165) is 18.9 Å². The number of amides is 1. The summed E-state index contributed by atoms with van der Waals surface area (Å²) in [6.07, 6.45) is 1.35. The number of aromatic carboxylic acids is 1. The first kappa shape index (κ1) is 32.2. The Balaban J connectivity index is 1.67. The van der Waals surface area contributed by atoms with Gasteiger partial charge in [0, 0.05) is 22.5 Å². The summed E-state index contributed by atoms with van der Waals surface area (Å²) >= 11 is 12.5. The molecule has 1 N–H and O–H groups in total. The minimum absolute atomic E-state index is 0.00492. The predicted octanol–water partition coefficient (Wildman–Crippen LogP) is 7.80. The Labute approximate surface area is 276 Å². The molecule has 0 spiro atoms. The van der Waals surface area contributed by atoms with Crippen molar-refractivity contribution in [3.8, 4) is 11.8 Å². The second-order valence-electron chi connectivity index (χ2n) is 13.5. The number of nitrogens with zero attached hydrogens (tertiary/aromatic N) is 3. The van der Waals surface area contributed by atoms with Crippen LogP contribution in [0.3, 0.4) is 0 Å². The van der Waals surface area contributed by atoms with Crippen LogP contribution in [0.5, 0.6) is 5.75 Å². The molecule has 2 heterocycles. The van der Waals surface area contributed by atoms with E-state index in [2.05, 4.69) is 6.07 Å². The number of rotatable bonds is 7. The molecule has 1 amide bonds. The van der Waals surface area contributed by atoms with Crippen molar-refractivity contribution in [2.45, 2.75) is 69.6 Å². The fraction of sp³-hybridized carbons (Fsp3) is 0.400. The first-order chi connectivity index (χ1) is 21.7. The van der Waals surface area contributed by atoms with Crippen molar-refractivity contribution in [3.63, 3.8) is 0 Å². The molecule has 46 heavy (non-hydrogen) atoms. The first-order valence-electron chi connectivity index (χ1n) is 15.1. The highest BCUT2D eigenvalue weighted by molar-refractivity contribution is 6.31. The van der Waals surface area contributed by atoms with E-state index in [0.29, 0.717) is 12.1 Å². The van der Waals surface area contributed by atoms with Crippen molar-refractivity contribution in [3.05, 3.63) is 93.0 Å². The SMILES string of the molecule is COc1cc(C(=O)O)ccc1N1C(=O)C2C(c3cccc(Cl)c3F)C(C#N)(c3ccc(Cl)cc3F)C(CC(C)(C)C)N2C1C1CC1. The van der Waals surface area contributed by atoms with Gasteiger partial charge in [0.25, 0.3) is 0 Å². The quantitative estimate of drug-likeness (QED) is 0.276. The summed E-state index contributed by atoms with van der Waals surface area (Å²) < 4.78 is 38.0. The van der Waals surface area contributed by atoms with E-state index in [4.69, 9.17) is 27.9 Å². The normalized spacial score (nSPS) is 26.2. The van der Waals surface area contributed by atoms with Crippen LogP contribution in [0.1, 0.15) is 67.4 Å². The fourth-order valence-electron chi connectivity index (χ4n) is 7.60. The van der Waals surface area contributed by atoms with Crippen molar-refractivity contribution in [1.82, 2.24) is 4.90 Å². The maximum absolute atomic E-state index is 16.2. The molecule has 3 aromatic rings. The average molecular weight is 669 g/mol. The molecular weight excluding hydrogens is 635 g/mol. The Bertz CT molecular complexity index is 1790.